The van der Waals surface area contributed by atoms with Crippen molar-refractivity contribution in [3.8, 4) is 5.88 Å². The second kappa shape index (κ2) is 7.47. The molecule has 1 aliphatic rings. The lowest BCUT2D eigenvalue weighted by atomic mass is 9.92. The Morgan fingerprint density at radius 3 is 3.17 bits per heavy atom. The minimum atomic E-state index is 0.0413. The van der Waals surface area contributed by atoms with Crippen LogP contribution < -0.4 is 4.74 Å². The summed E-state index contributed by atoms with van der Waals surface area (Å²) in [7, 11) is 0. The van der Waals surface area contributed by atoms with E-state index in [-0.39, 0.29) is 12.0 Å². The molecule has 1 aliphatic heterocycles. The van der Waals surface area contributed by atoms with Crippen LogP contribution in [0.3, 0.4) is 0 Å². The Balaban J connectivity index is 1.70. The third kappa shape index (κ3) is 3.75. The van der Waals surface area contributed by atoms with E-state index in [0.29, 0.717) is 17.4 Å². The summed E-state index contributed by atoms with van der Waals surface area (Å²) in [6.45, 7) is 5.57. The molecule has 0 aliphatic carbocycles. The minimum absolute atomic E-state index is 0.0413. The molecule has 6 heteroatoms. The minimum Gasteiger partial charge on any atom is -0.475 e. The Labute approximate surface area is 142 Å². The number of nitrogens with zero attached hydrogens (tertiary/aromatic N) is 3. The van der Waals surface area contributed by atoms with Crippen LogP contribution in [0, 0.1) is 0 Å². The van der Waals surface area contributed by atoms with Crippen LogP contribution in [0.4, 0.5) is 0 Å². The van der Waals surface area contributed by atoms with Crippen molar-refractivity contribution in [2.75, 3.05) is 13.1 Å². The number of aromatic nitrogens is 3. The number of nitrogens with one attached hydrogen (secondary N) is 1. The summed E-state index contributed by atoms with van der Waals surface area (Å²) in [6, 6.07) is 3.50. The van der Waals surface area contributed by atoms with Crippen molar-refractivity contribution in [1.29, 1.82) is 0 Å². The maximum atomic E-state index is 12.8. The number of piperidine rings is 1. The quantitative estimate of drug-likeness (QED) is 0.916. The zero-order valence-corrected chi connectivity index (χ0v) is 14.2. The van der Waals surface area contributed by atoms with Gasteiger partial charge in [0.15, 0.2) is 0 Å². The summed E-state index contributed by atoms with van der Waals surface area (Å²) in [5.41, 5.74) is 1.80. The van der Waals surface area contributed by atoms with Gasteiger partial charge in [0.25, 0.3) is 5.91 Å². The molecule has 1 amide bonds. The predicted octanol–water partition coefficient (Wildman–Crippen LogP) is 3.00. The highest BCUT2D eigenvalue weighted by atomic mass is 16.5. The molecular weight excluding hydrogens is 304 g/mol. The normalized spacial score (nSPS) is 19.1. The first-order chi connectivity index (χ1) is 11.7. The Morgan fingerprint density at radius 1 is 1.54 bits per heavy atom. The average molecular weight is 328 g/mol. The summed E-state index contributed by atoms with van der Waals surface area (Å²) >= 11 is 0. The lowest BCUT2D eigenvalue weighted by Gasteiger charge is -2.32. The molecule has 2 atom stereocenters. The van der Waals surface area contributed by atoms with Crippen LogP contribution in [0.1, 0.15) is 54.9 Å². The van der Waals surface area contributed by atoms with Crippen LogP contribution in [-0.4, -0.2) is 45.2 Å². The van der Waals surface area contributed by atoms with E-state index in [1.165, 1.54) is 5.56 Å². The lowest BCUT2D eigenvalue weighted by Crippen LogP contribution is -2.39. The fraction of sp³-hybridized carbons (Fsp3) is 0.500. The van der Waals surface area contributed by atoms with Gasteiger partial charge in [-0.05, 0) is 37.8 Å². The highest BCUT2D eigenvalue weighted by molar-refractivity contribution is 5.94. The second-order valence-electron chi connectivity index (χ2n) is 6.34. The SMILES string of the molecule is CC[C@H](C)Oc1cc(C(=O)N2CCC[C@@H](c3cn[nH]c3)C2)ccn1. The highest BCUT2D eigenvalue weighted by Crippen LogP contribution is 2.27. The molecule has 6 nitrogen and oxygen atoms in total. The number of amides is 1. The second-order valence-corrected chi connectivity index (χ2v) is 6.34. The smallest absolute Gasteiger partial charge is 0.254 e. The van der Waals surface area contributed by atoms with Gasteiger partial charge in [0.2, 0.25) is 5.88 Å². The number of H-pyrrole nitrogens is 1. The molecule has 2 aromatic heterocycles. The Morgan fingerprint density at radius 2 is 2.42 bits per heavy atom. The standard InChI is InChI=1S/C18H24N4O2/c1-3-13(2)24-17-9-14(6-7-19-17)18(23)22-8-4-5-15(12-22)16-10-20-21-11-16/h6-7,9-11,13,15H,3-5,8,12H2,1-2H3,(H,20,21)/t13-,15+/m0/s1. The van der Waals surface area contributed by atoms with E-state index in [1.54, 1.807) is 18.3 Å². The van der Waals surface area contributed by atoms with Crippen LogP contribution in [-0.2, 0) is 0 Å². The number of ether oxygens (including phenoxy) is 1. The molecular formula is C18H24N4O2. The first kappa shape index (κ1) is 16.5. The fourth-order valence-electron chi connectivity index (χ4n) is 3.00. The number of carbonyl (C=O) groups excluding carboxylic acids is 1. The molecule has 0 bridgehead atoms. The first-order valence-corrected chi connectivity index (χ1v) is 8.58. The molecule has 2 aromatic rings. The van der Waals surface area contributed by atoms with E-state index in [9.17, 15) is 4.79 Å². The topological polar surface area (TPSA) is 71.1 Å². The number of hydrogen-bond acceptors (Lipinski definition) is 4. The van der Waals surface area contributed by atoms with Crippen LogP contribution in [0.2, 0.25) is 0 Å². The van der Waals surface area contributed by atoms with E-state index in [4.69, 9.17) is 4.74 Å². The lowest BCUT2D eigenvalue weighted by molar-refractivity contribution is 0.0706. The van der Waals surface area contributed by atoms with Gasteiger partial charge in [0.05, 0.1) is 12.3 Å². The molecule has 0 unspecified atom stereocenters. The third-order valence-corrected chi connectivity index (χ3v) is 4.58. The zero-order chi connectivity index (χ0) is 16.9. The summed E-state index contributed by atoms with van der Waals surface area (Å²) in [5.74, 6) is 0.900. The molecule has 128 valence electrons. The number of hydrogen-bond donors (Lipinski definition) is 1. The molecule has 1 saturated heterocycles. The number of carbonyl (C=O) groups is 1. The van der Waals surface area contributed by atoms with Crippen LogP contribution in [0.5, 0.6) is 5.88 Å². The van der Waals surface area contributed by atoms with Crippen molar-refractivity contribution in [3.05, 3.63) is 41.9 Å². The Bertz CT molecular complexity index is 671. The van der Waals surface area contributed by atoms with E-state index < -0.39 is 0 Å². The van der Waals surface area contributed by atoms with E-state index >= 15 is 0 Å². The van der Waals surface area contributed by atoms with E-state index in [1.807, 2.05) is 24.2 Å². The number of likely N-dealkylation sites (tertiary alicyclic amines) is 1. The van der Waals surface area contributed by atoms with Crippen LogP contribution in [0.25, 0.3) is 0 Å². The van der Waals surface area contributed by atoms with Gasteiger partial charge < -0.3 is 9.64 Å². The molecule has 1 N–H and O–H groups in total. The largest absolute Gasteiger partial charge is 0.475 e. The van der Waals surface area contributed by atoms with Gasteiger partial charge in [-0.15, -0.1) is 0 Å². The molecule has 0 spiro atoms. The van der Waals surface area contributed by atoms with Crippen molar-refractivity contribution in [2.45, 2.75) is 45.1 Å². The van der Waals surface area contributed by atoms with Gasteiger partial charge in [0, 0.05) is 43.0 Å². The van der Waals surface area contributed by atoms with Gasteiger partial charge in [-0.3, -0.25) is 9.89 Å². The zero-order valence-electron chi connectivity index (χ0n) is 14.2. The molecule has 0 saturated carbocycles. The molecule has 3 rings (SSSR count). The van der Waals surface area contributed by atoms with Crippen LogP contribution in [0.15, 0.2) is 30.7 Å². The van der Waals surface area contributed by atoms with Gasteiger partial charge in [-0.1, -0.05) is 6.92 Å². The van der Waals surface area contributed by atoms with E-state index in [0.717, 1.165) is 32.4 Å². The van der Waals surface area contributed by atoms with Crippen LogP contribution >= 0.6 is 0 Å². The first-order valence-electron chi connectivity index (χ1n) is 8.58. The number of pyridine rings is 1. The van der Waals surface area contributed by atoms with Gasteiger partial charge >= 0.3 is 0 Å². The fourth-order valence-corrected chi connectivity index (χ4v) is 3.00. The number of rotatable bonds is 5. The summed E-state index contributed by atoms with van der Waals surface area (Å²) in [5, 5.41) is 6.88. The molecule has 0 radical (unpaired) electrons. The molecule has 24 heavy (non-hydrogen) atoms. The maximum absolute atomic E-state index is 12.8. The summed E-state index contributed by atoms with van der Waals surface area (Å²) < 4.78 is 5.73. The Hall–Kier alpha value is -2.37. The van der Waals surface area contributed by atoms with Gasteiger partial charge in [-0.2, -0.15) is 5.10 Å². The monoisotopic (exact) mass is 328 g/mol. The molecule has 1 fully saturated rings. The maximum Gasteiger partial charge on any atom is 0.254 e. The van der Waals surface area contributed by atoms with Crippen molar-refractivity contribution >= 4 is 5.91 Å². The van der Waals surface area contributed by atoms with Gasteiger partial charge in [0.1, 0.15) is 0 Å². The highest BCUT2D eigenvalue weighted by Gasteiger charge is 2.26. The molecule has 0 aromatic carbocycles. The summed E-state index contributed by atoms with van der Waals surface area (Å²) in [6.07, 6.45) is 8.49. The average Bonchev–Trinajstić information content (AvgIpc) is 3.16. The van der Waals surface area contributed by atoms with Crippen molar-refractivity contribution < 1.29 is 9.53 Å². The van der Waals surface area contributed by atoms with Crippen molar-refractivity contribution in [3.63, 3.8) is 0 Å². The van der Waals surface area contributed by atoms with E-state index in [2.05, 4.69) is 22.1 Å². The summed E-state index contributed by atoms with van der Waals surface area (Å²) in [4.78, 5) is 19.0. The van der Waals surface area contributed by atoms with Crippen molar-refractivity contribution in [1.82, 2.24) is 20.1 Å². The van der Waals surface area contributed by atoms with Gasteiger partial charge in [-0.25, -0.2) is 4.98 Å². The third-order valence-electron chi connectivity index (χ3n) is 4.58. The Kier molecular flexibility index (Phi) is 5.13. The predicted molar refractivity (Wildman–Crippen MR) is 91.1 cm³/mol. The van der Waals surface area contributed by atoms with Crippen molar-refractivity contribution in [2.24, 2.45) is 0 Å². The molecule has 3 heterocycles. The number of aromatic amines is 1.